The van der Waals surface area contributed by atoms with Crippen molar-refractivity contribution in [3.63, 3.8) is 0 Å². The van der Waals surface area contributed by atoms with Crippen LogP contribution in [-0.2, 0) is 25.5 Å². The summed E-state index contributed by atoms with van der Waals surface area (Å²) in [6, 6.07) is 14.9. The van der Waals surface area contributed by atoms with Crippen LogP contribution < -0.4 is 9.47 Å². The first-order chi connectivity index (χ1) is 18.9. The van der Waals surface area contributed by atoms with Crippen LogP contribution in [0.15, 0.2) is 91.1 Å². The van der Waals surface area contributed by atoms with E-state index in [-0.39, 0.29) is 34.3 Å². The SMILES string of the molecule is C=C(C)C(=O)Oc1cc(OC(=O)C(=C)C)cc(-c2ccc(-c3ccc4c(c3)C(OC(=O)C(=C)C)CC4)cc2F)c1. The van der Waals surface area contributed by atoms with Crippen molar-refractivity contribution < 1.29 is 33.0 Å². The van der Waals surface area contributed by atoms with E-state index < -0.39 is 23.7 Å². The average molecular weight is 541 g/mol. The largest absolute Gasteiger partial charge is 0.454 e. The Morgan fingerprint density at radius 2 is 1.27 bits per heavy atom. The zero-order chi connectivity index (χ0) is 29.1. The van der Waals surface area contributed by atoms with E-state index in [4.69, 9.17) is 14.2 Å². The number of hydrogen-bond donors (Lipinski definition) is 0. The van der Waals surface area contributed by atoms with Crippen molar-refractivity contribution in [2.75, 3.05) is 0 Å². The van der Waals surface area contributed by atoms with E-state index in [1.807, 2.05) is 18.2 Å². The molecule has 0 fully saturated rings. The molecule has 0 saturated carbocycles. The second kappa shape index (κ2) is 11.5. The van der Waals surface area contributed by atoms with Crippen LogP contribution in [0.5, 0.6) is 11.5 Å². The van der Waals surface area contributed by atoms with Crippen molar-refractivity contribution in [2.24, 2.45) is 0 Å². The summed E-state index contributed by atoms with van der Waals surface area (Å²) in [7, 11) is 0. The summed E-state index contributed by atoms with van der Waals surface area (Å²) in [5, 5.41) is 0. The van der Waals surface area contributed by atoms with E-state index in [1.165, 1.54) is 38.1 Å². The van der Waals surface area contributed by atoms with Gasteiger partial charge < -0.3 is 14.2 Å². The summed E-state index contributed by atoms with van der Waals surface area (Å²) in [6.45, 7) is 15.4. The lowest BCUT2D eigenvalue weighted by atomic mass is 9.97. The first-order valence-electron chi connectivity index (χ1n) is 12.6. The number of halogens is 1. The molecule has 3 aromatic carbocycles. The Kier molecular flexibility index (Phi) is 8.14. The molecule has 0 bridgehead atoms. The second-order valence-corrected chi connectivity index (χ2v) is 9.85. The highest BCUT2D eigenvalue weighted by molar-refractivity contribution is 5.90. The van der Waals surface area contributed by atoms with Crippen LogP contribution in [0.1, 0.15) is 44.4 Å². The normalized spacial score (nSPS) is 13.7. The minimum atomic E-state index is -0.672. The number of fused-ring (bicyclic) bond motifs is 1. The zero-order valence-electron chi connectivity index (χ0n) is 22.6. The molecule has 4 rings (SSSR count). The third kappa shape index (κ3) is 6.26. The number of rotatable bonds is 8. The third-order valence-corrected chi connectivity index (χ3v) is 6.38. The van der Waals surface area contributed by atoms with Crippen LogP contribution in [0.3, 0.4) is 0 Å². The number of esters is 3. The van der Waals surface area contributed by atoms with Gasteiger partial charge in [-0.1, -0.05) is 44.0 Å². The van der Waals surface area contributed by atoms with Crippen LogP contribution in [0, 0.1) is 5.82 Å². The molecule has 0 N–H and O–H groups in total. The van der Waals surface area contributed by atoms with Gasteiger partial charge in [0.05, 0.1) is 0 Å². The van der Waals surface area contributed by atoms with Gasteiger partial charge in [0.25, 0.3) is 0 Å². The maximum Gasteiger partial charge on any atom is 0.338 e. The molecule has 0 saturated heterocycles. The number of carbonyl (C=O) groups is 3. The van der Waals surface area contributed by atoms with Gasteiger partial charge in [0.2, 0.25) is 0 Å². The quantitative estimate of drug-likeness (QED) is 0.170. The monoisotopic (exact) mass is 540 g/mol. The highest BCUT2D eigenvalue weighted by Gasteiger charge is 2.26. The molecular formula is C33H29FO6. The van der Waals surface area contributed by atoms with Gasteiger partial charge in [-0.2, -0.15) is 0 Å². The first-order valence-corrected chi connectivity index (χ1v) is 12.6. The van der Waals surface area contributed by atoms with Crippen LogP contribution >= 0.6 is 0 Å². The Morgan fingerprint density at radius 3 is 1.82 bits per heavy atom. The predicted octanol–water partition coefficient (Wildman–Crippen LogP) is 7.23. The molecule has 0 radical (unpaired) electrons. The van der Waals surface area contributed by atoms with Gasteiger partial charge in [0.1, 0.15) is 23.4 Å². The van der Waals surface area contributed by atoms with Crippen molar-refractivity contribution in [3.8, 4) is 33.8 Å². The fourth-order valence-electron chi connectivity index (χ4n) is 4.26. The summed E-state index contributed by atoms with van der Waals surface area (Å²) >= 11 is 0. The molecule has 0 aromatic heterocycles. The average Bonchev–Trinajstić information content (AvgIpc) is 3.30. The maximum absolute atomic E-state index is 15.6. The topological polar surface area (TPSA) is 78.9 Å². The number of ether oxygens (including phenoxy) is 3. The van der Waals surface area contributed by atoms with Gasteiger partial charge in [-0.25, -0.2) is 18.8 Å². The van der Waals surface area contributed by atoms with Crippen LogP contribution in [0.2, 0.25) is 0 Å². The molecule has 40 heavy (non-hydrogen) atoms. The van der Waals surface area contributed by atoms with E-state index in [1.54, 1.807) is 19.1 Å². The zero-order valence-corrected chi connectivity index (χ0v) is 22.6. The number of carbonyl (C=O) groups excluding carboxylic acids is 3. The van der Waals surface area contributed by atoms with Crippen LogP contribution in [0.4, 0.5) is 4.39 Å². The number of hydrogen-bond acceptors (Lipinski definition) is 6. The van der Waals surface area contributed by atoms with Crippen molar-refractivity contribution in [1.82, 2.24) is 0 Å². The molecule has 1 atom stereocenters. The second-order valence-electron chi connectivity index (χ2n) is 9.85. The Hall–Kier alpha value is -4.78. The van der Waals surface area contributed by atoms with E-state index in [9.17, 15) is 14.4 Å². The molecule has 7 heteroatoms. The van der Waals surface area contributed by atoms with Crippen LogP contribution in [-0.4, -0.2) is 17.9 Å². The lowest BCUT2D eigenvalue weighted by Crippen LogP contribution is -2.10. The van der Waals surface area contributed by atoms with Gasteiger partial charge in [-0.3, -0.25) is 0 Å². The van der Waals surface area contributed by atoms with Crippen molar-refractivity contribution in [3.05, 3.63) is 108 Å². The molecule has 6 nitrogen and oxygen atoms in total. The van der Waals surface area contributed by atoms with E-state index >= 15 is 4.39 Å². The van der Waals surface area contributed by atoms with Crippen molar-refractivity contribution >= 4 is 17.9 Å². The molecule has 204 valence electrons. The number of aryl methyl sites for hydroxylation is 1. The van der Waals surface area contributed by atoms with Gasteiger partial charge in [0, 0.05) is 28.3 Å². The smallest absolute Gasteiger partial charge is 0.338 e. The summed E-state index contributed by atoms with van der Waals surface area (Å²) in [5.41, 5.74) is 4.59. The lowest BCUT2D eigenvalue weighted by Gasteiger charge is -2.15. The number of benzene rings is 3. The molecule has 0 heterocycles. The standard InChI is InChI=1S/C33H29FO6/c1-18(2)31(35)38-25-13-24(14-26(17-25)39-32(36)19(3)4)27-11-9-23(16-29(27)34)22-8-7-21-10-12-30(28(21)15-22)40-33(37)20(5)6/h7-9,11,13-17,30H,1,3,5,10,12H2,2,4,6H3. The molecule has 1 unspecified atom stereocenters. The van der Waals surface area contributed by atoms with E-state index in [2.05, 4.69) is 19.7 Å². The molecule has 0 amide bonds. The third-order valence-electron chi connectivity index (χ3n) is 6.38. The Bertz CT molecular complexity index is 1540. The van der Waals surface area contributed by atoms with Gasteiger partial charge in [-0.15, -0.1) is 0 Å². The summed E-state index contributed by atoms with van der Waals surface area (Å²) < 4.78 is 31.8. The van der Waals surface area contributed by atoms with Crippen molar-refractivity contribution in [1.29, 1.82) is 0 Å². The fourth-order valence-corrected chi connectivity index (χ4v) is 4.26. The highest BCUT2D eigenvalue weighted by atomic mass is 19.1. The minimum Gasteiger partial charge on any atom is -0.454 e. The predicted molar refractivity (Wildman–Crippen MR) is 150 cm³/mol. The van der Waals surface area contributed by atoms with E-state index in [0.717, 1.165) is 23.1 Å². The first kappa shape index (κ1) is 28.2. The molecule has 3 aromatic rings. The molecule has 1 aliphatic rings. The molecule has 1 aliphatic carbocycles. The minimum absolute atomic E-state index is 0.0625. The summed E-state index contributed by atoms with van der Waals surface area (Å²) in [4.78, 5) is 36.3. The lowest BCUT2D eigenvalue weighted by molar-refractivity contribution is -0.144. The fraction of sp³-hybridized carbons (Fsp3) is 0.182. The van der Waals surface area contributed by atoms with Gasteiger partial charge in [0.15, 0.2) is 0 Å². The molecule has 0 spiro atoms. The summed E-state index contributed by atoms with van der Waals surface area (Å²) in [6.07, 6.45) is 1.07. The van der Waals surface area contributed by atoms with Gasteiger partial charge in [-0.05, 0) is 85.7 Å². The van der Waals surface area contributed by atoms with Crippen LogP contribution in [0.25, 0.3) is 22.3 Å². The highest BCUT2D eigenvalue weighted by Crippen LogP contribution is 2.38. The van der Waals surface area contributed by atoms with Gasteiger partial charge >= 0.3 is 17.9 Å². The summed E-state index contributed by atoms with van der Waals surface area (Å²) in [5.74, 6) is -2.20. The van der Waals surface area contributed by atoms with E-state index in [0.29, 0.717) is 23.1 Å². The Balaban J connectivity index is 1.68. The molecular weight excluding hydrogens is 511 g/mol. The Labute approximate surface area is 232 Å². The van der Waals surface area contributed by atoms with Crippen molar-refractivity contribution in [2.45, 2.75) is 39.7 Å². The maximum atomic E-state index is 15.6. The molecule has 0 aliphatic heterocycles. The Morgan fingerprint density at radius 1 is 0.725 bits per heavy atom.